The number of hydrogen-bond donors (Lipinski definition) is 0. The van der Waals surface area contributed by atoms with Crippen LogP contribution in [0.25, 0.3) is 6.08 Å². The van der Waals surface area contributed by atoms with Crippen LogP contribution >= 0.6 is 0 Å². The van der Waals surface area contributed by atoms with Gasteiger partial charge in [-0.05, 0) is 35.9 Å². The third-order valence-corrected chi connectivity index (χ3v) is 2.56. The van der Waals surface area contributed by atoms with E-state index in [0.29, 0.717) is 17.3 Å². The molecular formula is C15H14O4. The van der Waals surface area contributed by atoms with Gasteiger partial charge in [0.1, 0.15) is 11.5 Å². The lowest BCUT2D eigenvalue weighted by molar-refractivity contribution is 0.102. The maximum Gasteiger partial charge on any atom is 0.221 e. The van der Waals surface area contributed by atoms with Crippen molar-refractivity contribution >= 4 is 11.9 Å². The van der Waals surface area contributed by atoms with Crippen molar-refractivity contribution in [3.63, 3.8) is 0 Å². The molecule has 2 rings (SSSR count). The second-order valence-corrected chi connectivity index (χ2v) is 3.82. The summed E-state index contributed by atoms with van der Waals surface area (Å²) >= 11 is 0. The third kappa shape index (κ3) is 3.25. The van der Waals surface area contributed by atoms with E-state index in [1.807, 2.05) is 12.1 Å². The minimum atomic E-state index is -0.188. The monoisotopic (exact) mass is 258 g/mol. The van der Waals surface area contributed by atoms with Crippen LogP contribution in [0.3, 0.4) is 0 Å². The van der Waals surface area contributed by atoms with E-state index in [4.69, 9.17) is 13.9 Å². The van der Waals surface area contributed by atoms with Gasteiger partial charge in [0, 0.05) is 6.07 Å². The van der Waals surface area contributed by atoms with E-state index in [2.05, 4.69) is 0 Å². The number of ketones is 1. The number of hydrogen-bond acceptors (Lipinski definition) is 4. The smallest absolute Gasteiger partial charge is 0.221 e. The number of rotatable bonds is 5. The summed E-state index contributed by atoms with van der Waals surface area (Å²) in [6.45, 7) is 0. The van der Waals surface area contributed by atoms with Crippen molar-refractivity contribution in [2.24, 2.45) is 0 Å². The van der Waals surface area contributed by atoms with E-state index in [1.165, 1.54) is 12.3 Å². The van der Waals surface area contributed by atoms with Gasteiger partial charge < -0.3 is 13.9 Å². The van der Waals surface area contributed by atoms with Gasteiger partial charge in [-0.15, -0.1) is 0 Å². The number of ether oxygens (including phenoxy) is 2. The predicted molar refractivity (Wildman–Crippen MR) is 71.6 cm³/mol. The number of carbonyl (C=O) groups excluding carboxylic acids is 1. The Balaban J connectivity index is 2.20. The Morgan fingerprint density at radius 2 is 1.84 bits per heavy atom. The molecule has 2 aromatic rings. The maximum atomic E-state index is 11.7. The van der Waals surface area contributed by atoms with Crippen LogP contribution in [-0.4, -0.2) is 20.0 Å². The van der Waals surface area contributed by atoms with Crippen molar-refractivity contribution < 1.29 is 18.7 Å². The topological polar surface area (TPSA) is 48.7 Å². The second-order valence-electron chi connectivity index (χ2n) is 3.82. The molecule has 19 heavy (non-hydrogen) atoms. The van der Waals surface area contributed by atoms with Gasteiger partial charge in [-0.25, -0.2) is 0 Å². The Morgan fingerprint density at radius 1 is 1.16 bits per heavy atom. The summed E-state index contributed by atoms with van der Waals surface area (Å²) in [4.78, 5) is 11.7. The summed E-state index contributed by atoms with van der Waals surface area (Å²) in [7, 11) is 3.16. The SMILES string of the molecule is COc1cc(C=CC(=O)c2ccco2)cc(OC)c1. The molecule has 0 aliphatic carbocycles. The lowest BCUT2D eigenvalue weighted by Gasteiger charge is -2.05. The number of furan rings is 1. The highest BCUT2D eigenvalue weighted by Gasteiger charge is 2.04. The van der Waals surface area contributed by atoms with Crippen molar-refractivity contribution in [3.05, 3.63) is 54.0 Å². The number of benzene rings is 1. The zero-order valence-electron chi connectivity index (χ0n) is 10.8. The second kappa shape index (κ2) is 5.91. The Kier molecular flexibility index (Phi) is 4.03. The Hall–Kier alpha value is -2.49. The fraction of sp³-hybridized carbons (Fsp3) is 0.133. The van der Waals surface area contributed by atoms with Crippen LogP contribution in [0.2, 0.25) is 0 Å². The largest absolute Gasteiger partial charge is 0.497 e. The van der Waals surface area contributed by atoms with Gasteiger partial charge in [-0.3, -0.25) is 4.79 Å². The van der Waals surface area contributed by atoms with Crippen LogP contribution in [0.15, 0.2) is 47.1 Å². The average Bonchev–Trinajstić information content (AvgIpc) is 2.98. The van der Waals surface area contributed by atoms with Crippen LogP contribution in [0.5, 0.6) is 11.5 Å². The van der Waals surface area contributed by atoms with Crippen molar-refractivity contribution in [2.45, 2.75) is 0 Å². The van der Waals surface area contributed by atoms with Crippen molar-refractivity contribution in [2.75, 3.05) is 14.2 Å². The van der Waals surface area contributed by atoms with Gasteiger partial charge in [0.15, 0.2) is 5.76 Å². The summed E-state index contributed by atoms with van der Waals surface area (Å²) < 4.78 is 15.3. The molecule has 0 bridgehead atoms. The maximum absolute atomic E-state index is 11.7. The van der Waals surface area contributed by atoms with Crippen LogP contribution in [0.4, 0.5) is 0 Å². The van der Waals surface area contributed by atoms with Crippen LogP contribution in [-0.2, 0) is 0 Å². The van der Waals surface area contributed by atoms with E-state index >= 15 is 0 Å². The predicted octanol–water partition coefficient (Wildman–Crippen LogP) is 3.19. The zero-order chi connectivity index (χ0) is 13.7. The molecule has 0 saturated heterocycles. The molecule has 0 spiro atoms. The molecule has 98 valence electrons. The first-order valence-electron chi connectivity index (χ1n) is 5.72. The molecule has 1 aromatic heterocycles. The third-order valence-electron chi connectivity index (χ3n) is 2.56. The lowest BCUT2D eigenvalue weighted by atomic mass is 10.1. The van der Waals surface area contributed by atoms with Crippen LogP contribution in [0.1, 0.15) is 16.1 Å². The Morgan fingerprint density at radius 3 is 2.37 bits per heavy atom. The van der Waals surface area contributed by atoms with Crippen LogP contribution < -0.4 is 9.47 Å². The highest BCUT2D eigenvalue weighted by molar-refractivity contribution is 6.04. The molecule has 0 aliphatic heterocycles. The molecule has 1 aromatic carbocycles. The zero-order valence-corrected chi connectivity index (χ0v) is 10.8. The van der Waals surface area contributed by atoms with E-state index in [-0.39, 0.29) is 5.78 Å². The van der Waals surface area contributed by atoms with E-state index in [1.54, 1.807) is 38.5 Å². The summed E-state index contributed by atoms with van der Waals surface area (Å²) in [6.07, 6.45) is 4.61. The molecule has 0 N–H and O–H groups in total. The molecule has 0 aliphatic rings. The molecule has 4 heteroatoms. The summed E-state index contributed by atoms with van der Waals surface area (Å²) in [5.41, 5.74) is 0.816. The number of carbonyl (C=O) groups is 1. The van der Waals surface area contributed by atoms with E-state index < -0.39 is 0 Å². The van der Waals surface area contributed by atoms with Crippen molar-refractivity contribution in [1.29, 1.82) is 0 Å². The van der Waals surface area contributed by atoms with Gasteiger partial charge in [-0.1, -0.05) is 6.08 Å². The van der Waals surface area contributed by atoms with Gasteiger partial charge in [0.2, 0.25) is 5.78 Å². The van der Waals surface area contributed by atoms with E-state index in [9.17, 15) is 4.79 Å². The van der Waals surface area contributed by atoms with Gasteiger partial charge >= 0.3 is 0 Å². The van der Waals surface area contributed by atoms with Crippen LogP contribution in [0, 0.1) is 0 Å². The lowest BCUT2D eigenvalue weighted by Crippen LogP contribution is -1.91. The van der Waals surface area contributed by atoms with E-state index in [0.717, 1.165) is 5.56 Å². The Labute approximate surface area is 111 Å². The first kappa shape index (κ1) is 13.0. The standard InChI is InChI=1S/C15H14O4/c1-17-12-8-11(9-13(10-12)18-2)5-6-14(16)15-4-3-7-19-15/h3-10H,1-2H3. The normalized spacial score (nSPS) is 10.6. The molecule has 0 atom stereocenters. The Bertz CT molecular complexity index is 560. The van der Waals surface area contributed by atoms with Crippen molar-refractivity contribution in [1.82, 2.24) is 0 Å². The first-order valence-corrected chi connectivity index (χ1v) is 5.72. The van der Waals surface area contributed by atoms with Gasteiger partial charge in [-0.2, -0.15) is 0 Å². The minimum absolute atomic E-state index is 0.188. The molecular weight excluding hydrogens is 244 g/mol. The highest BCUT2D eigenvalue weighted by Crippen LogP contribution is 2.23. The molecule has 0 amide bonds. The quantitative estimate of drug-likeness (QED) is 0.610. The fourth-order valence-corrected chi connectivity index (χ4v) is 1.60. The fourth-order valence-electron chi connectivity index (χ4n) is 1.60. The molecule has 1 heterocycles. The molecule has 0 saturated carbocycles. The molecule has 4 nitrogen and oxygen atoms in total. The van der Waals surface area contributed by atoms with Gasteiger partial charge in [0.05, 0.1) is 20.5 Å². The minimum Gasteiger partial charge on any atom is -0.497 e. The molecule has 0 fully saturated rings. The molecule has 0 unspecified atom stereocenters. The number of allylic oxidation sites excluding steroid dienone is 1. The first-order chi connectivity index (χ1) is 9.22. The molecule has 0 radical (unpaired) electrons. The summed E-state index contributed by atoms with van der Waals surface area (Å²) in [5, 5.41) is 0. The van der Waals surface area contributed by atoms with Crippen molar-refractivity contribution in [3.8, 4) is 11.5 Å². The number of methoxy groups -OCH3 is 2. The summed E-state index contributed by atoms with van der Waals surface area (Å²) in [5.74, 6) is 1.46. The summed E-state index contributed by atoms with van der Waals surface area (Å²) in [6, 6.07) is 8.70. The van der Waals surface area contributed by atoms with Gasteiger partial charge in [0.25, 0.3) is 0 Å². The highest BCUT2D eigenvalue weighted by atomic mass is 16.5. The average molecular weight is 258 g/mol.